The summed E-state index contributed by atoms with van der Waals surface area (Å²) in [6.07, 6.45) is 8.34. The number of esters is 1. The van der Waals surface area contributed by atoms with E-state index < -0.39 is 24.3 Å². The average Bonchev–Trinajstić information content (AvgIpc) is 3.45. The van der Waals surface area contributed by atoms with Gasteiger partial charge in [0.25, 0.3) is 0 Å². The van der Waals surface area contributed by atoms with Gasteiger partial charge >= 0.3 is 12.1 Å². The van der Waals surface area contributed by atoms with Crippen LogP contribution in [-0.4, -0.2) is 108 Å². The number of ether oxygens (including phenoxy) is 2. The van der Waals surface area contributed by atoms with Crippen LogP contribution in [0.25, 0.3) is 6.08 Å². The molecule has 0 aromatic carbocycles. The Morgan fingerprint density at radius 3 is 2.64 bits per heavy atom. The monoisotopic (exact) mass is 584 g/mol. The summed E-state index contributed by atoms with van der Waals surface area (Å²) in [5, 5.41) is 20.4. The minimum Gasteiger partial charge on any atom is -0.457 e. The summed E-state index contributed by atoms with van der Waals surface area (Å²) in [4.78, 5) is 36.5. The van der Waals surface area contributed by atoms with E-state index in [0.717, 1.165) is 49.4 Å². The fraction of sp³-hybridized carbons (Fsp3) is 0.656. The largest absolute Gasteiger partial charge is 0.457 e. The Kier molecular flexibility index (Phi) is 11.4. The molecular weight excluding hydrogens is 536 g/mol. The molecule has 2 saturated heterocycles. The highest BCUT2D eigenvalue weighted by Gasteiger charge is 2.29. The lowest BCUT2D eigenvalue weighted by atomic mass is 9.91. The number of aromatic nitrogens is 1. The Morgan fingerprint density at radius 1 is 1.14 bits per heavy atom. The minimum atomic E-state index is -0.833. The van der Waals surface area contributed by atoms with Crippen molar-refractivity contribution in [2.75, 3.05) is 51.3 Å². The molecule has 0 aliphatic carbocycles. The molecule has 1 aromatic rings. The smallest absolute Gasteiger partial charge is 0.410 e. The molecule has 2 fully saturated rings. The summed E-state index contributed by atoms with van der Waals surface area (Å²) < 4.78 is 12.0. The van der Waals surface area contributed by atoms with E-state index in [0.29, 0.717) is 25.9 Å². The van der Waals surface area contributed by atoms with Crippen LogP contribution in [0.3, 0.4) is 0 Å². The first kappa shape index (κ1) is 32.0. The summed E-state index contributed by atoms with van der Waals surface area (Å²) >= 11 is 0. The van der Waals surface area contributed by atoms with E-state index in [1.807, 2.05) is 58.2 Å². The number of cyclic esters (lactones) is 1. The van der Waals surface area contributed by atoms with E-state index in [4.69, 9.17) is 9.47 Å². The van der Waals surface area contributed by atoms with Crippen LogP contribution < -0.4 is 4.90 Å². The SMILES string of the molecule is C/C(=C\c1ccnc(N2CCC[C@@H]2CO)c1)[C@H]1OC(=O)C[C@H](O)CC[C@H](C)[C@@H](OC(=O)N2CCN(C)CC2)/C=C\[C@@H]1C. The summed E-state index contributed by atoms with van der Waals surface area (Å²) in [7, 11) is 2.04. The first-order chi connectivity index (χ1) is 20.1. The summed E-state index contributed by atoms with van der Waals surface area (Å²) in [5.74, 6) is 0.134. The van der Waals surface area contributed by atoms with Crippen LogP contribution in [-0.2, 0) is 14.3 Å². The zero-order valence-electron chi connectivity index (χ0n) is 25.5. The molecule has 4 heterocycles. The number of carbonyl (C=O) groups is 2. The zero-order valence-corrected chi connectivity index (χ0v) is 25.5. The number of pyridine rings is 1. The third-order valence-electron chi connectivity index (χ3n) is 8.75. The van der Waals surface area contributed by atoms with Gasteiger partial charge in [0.1, 0.15) is 18.0 Å². The third-order valence-corrected chi connectivity index (χ3v) is 8.75. The molecule has 0 spiro atoms. The van der Waals surface area contributed by atoms with Crippen LogP contribution in [0.15, 0.2) is 36.1 Å². The molecule has 3 aliphatic rings. The van der Waals surface area contributed by atoms with Crippen molar-refractivity contribution in [3.05, 3.63) is 41.6 Å². The van der Waals surface area contributed by atoms with Gasteiger partial charge in [0.15, 0.2) is 0 Å². The summed E-state index contributed by atoms with van der Waals surface area (Å²) in [6.45, 7) is 9.76. The Morgan fingerprint density at radius 2 is 1.90 bits per heavy atom. The minimum absolute atomic E-state index is 0.0337. The van der Waals surface area contributed by atoms with Gasteiger partial charge in [0.2, 0.25) is 0 Å². The number of nitrogens with zero attached hydrogens (tertiary/aromatic N) is 4. The number of rotatable bonds is 5. The van der Waals surface area contributed by atoms with Gasteiger partial charge in [0.05, 0.1) is 25.2 Å². The summed E-state index contributed by atoms with van der Waals surface area (Å²) in [5.41, 5.74) is 1.77. The lowest BCUT2D eigenvalue weighted by Gasteiger charge is -2.33. The molecule has 0 radical (unpaired) electrons. The van der Waals surface area contributed by atoms with Crippen molar-refractivity contribution >= 4 is 24.0 Å². The summed E-state index contributed by atoms with van der Waals surface area (Å²) in [6, 6.07) is 3.98. The normalized spacial score (nSPS) is 31.2. The quantitative estimate of drug-likeness (QED) is 0.396. The molecule has 6 atom stereocenters. The molecule has 0 saturated carbocycles. The van der Waals surface area contributed by atoms with Crippen molar-refractivity contribution in [3.8, 4) is 0 Å². The molecule has 0 bridgehead atoms. The Labute approximate surface area is 250 Å². The second kappa shape index (κ2) is 15.0. The van der Waals surface area contributed by atoms with Crippen molar-refractivity contribution in [1.82, 2.24) is 14.8 Å². The molecule has 42 heavy (non-hydrogen) atoms. The van der Waals surface area contributed by atoms with Crippen molar-refractivity contribution in [3.63, 3.8) is 0 Å². The highest BCUT2D eigenvalue weighted by atomic mass is 16.6. The second-order valence-electron chi connectivity index (χ2n) is 12.2. The maximum Gasteiger partial charge on any atom is 0.410 e. The molecule has 4 rings (SSSR count). The molecule has 10 heteroatoms. The fourth-order valence-electron chi connectivity index (χ4n) is 5.98. The maximum atomic E-state index is 13.0. The first-order valence-electron chi connectivity index (χ1n) is 15.4. The second-order valence-corrected chi connectivity index (χ2v) is 12.2. The van der Waals surface area contributed by atoms with Gasteiger partial charge < -0.3 is 34.4 Å². The molecular formula is C32H48N4O6. The number of hydrogen-bond donors (Lipinski definition) is 2. The molecule has 10 nitrogen and oxygen atoms in total. The van der Waals surface area contributed by atoms with Crippen molar-refractivity contribution in [2.45, 2.75) is 77.2 Å². The Balaban J connectivity index is 1.54. The van der Waals surface area contributed by atoms with Crippen LogP contribution in [0, 0.1) is 11.8 Å². The van der Waals surface area contributed by atoms with Gasteiger partial charge in [0, 0.05) is 44.8 Å². The van der Waals surface area contributed by atoms with Gasteiger partial charge in [-0.3, -0.25) is 4.79 Å². The molecule has 232 valence electrons. The van der Waals surface area contributed by atoms with Gasteiger partial charge in [-0.2, -0.15) is 0 Å². The Bertz CT molecular complexity index is 1120. The van der Waals surface area contributed by atoms with Crippen LogP contribution in [0.1, 0.15) is 58.4 Å². The number of carbonyl (C=O) groups excluding carboxylic acids is 2. The highest BCUT2D eigenvalue weighted by molar-refractivity contribution is 5.71. The number of likely N-dealkylation sites (N-methyl/N-ethyl adjacent to an activating group) is 1. The highest BCUT2D eigenvalue weighted by Crippen LogP contribution is 2.28. The van der Waals surface area contributed by atoms with Crippen molar-refractivity contribution < 1.29 is 29.3 Å². The number of aliphatic hydroxyl groups is 2. The van der Waals surface area contributed by atoms with E-state index in [2.05, 4.69) is 14.8 Å². The van der Waals surface area contributed by atoms with Crippen molar-refractivity contribution in [2.24, 2.45) is 11.8 Å². The van der Waals surface area contributed by atoms with E-state index in [-0.39, 0.29) is 37.0 Å². The van der Waals surface area contributed by atoms with Crippen LogP contribution in [0.5, 0.6) is 0 Å². The molecule has 1 amide bonds. The van der Waals surface area contributed by atoms with Crippen molar-refractivity contribution in [1.29, 1.82) is 0 Å². The number of piperazine rings is 1. The molecule has 0 unspecified atom stereocenters. The molecule has 2 N–H and O–H groups in total. The fourth-order valence-corrected chi connectivity index (χ4v) is 5.98. The topological polar surface area (TPSA) is 116 Å². The zero-order chi connectivity index (χ0) is 30.2. The van der Waals surface area contributed by atoms with Crippen LogP contribution >= 0.6 is 0 Å². The maximum absolute atomic E-state index is 13.0. The van der Waals surface area contributed by atoms with E-state index in [1.165, 1.54) is 0 Å². The molecule has 1 aromatic heterocycles. The van der Waals surface area contributed by atoms with Gasteiger partial charge in [-0.1, -0.05) is 26.0 Å². The number of amides is 1. The number of hydrogen-bond acceptors (Lipinski definition) is 9. The van der Waals surface area contributed by atoms with E-state index in [1.54, 1.807) is 11.1 Å². The van der Waals surface area contributed by atoms with Crippen LogP contribution in [0.2, 0.25) is 0 Å². The van der Waals surface area contributed by atoms with Gasteiger partial charge in [-0.05, 0) is 74.9 Å². The lowest BCUT2D eigenvalue weighted by Crippen LogP contribution is -2.48. The number of anilines is 1. The standard InChI is InChI=1S/C32H48N4O6/c1-22-7-9-27(38)20-30(39)42-31(23(2)8-10-28(22)41-32(40)35-16-14-34(4)15-17-35)24(3)18-25-11-12-33-29(19-25)36-13-5-6-26(36)21-37/h8,10-12,18-19,22-23,26-28,31,37-38H,5-7,9,13-17,20-21H2,1-4H3/b10-8-,24-18+/t22-,23-,26+,27+,28-,31-/m0/s1. The lowest BCUT2D eigenvalue weighted by molar-refractivity contribution is -0.151. The third kappa shape index (κ3) is 8.55. The van der Waals surface area contributed by atoms with E-state index >= 15 is 0 Å². The van der Waals surface area contributed by atoms with Gasteiger partial charge in [-0.25, -0.2) is 9.78 Å². The van der Waals surface area contributed by atoms with E-state index in [9.17, 15) is 19.8 Å². The predicted molar refractivity (Wildman–Crippen MR) is 162 cm³/mol. The van der Waals surface area contributed by atoms with Crippen LogP contribution in [0.4, 0.5) is 10.6 Å². The average molecular weight is 585 g/mol. The predicted octanol–water partition coefficient (Wildman–Crippen LogP) is 3.48. The van der Waals surface area contributed by atoms with Gasteiger partial charge in [-0.15, -0.1) is 0 Å². The number of aliphatic hydroxyl groups excluding tert-OH is 2. The molecule has 3 aliphatic heterocycles. The first-order valence-corrected chi connectivity index (χ1v) is 15.4. The Hall–Kier alpha value is -2.95.